The van der Waals surface area contributed by atoms with E-state index in [1.54, 1.807) is 0 Å². The summed E-state index contributed by atoms with van der Waals surface area (Å²) in [5.74, 6) is 0. The van der Waals surface area contributed by atoms with Gasteiger partial charge in [0.25, 0.3) is 0 Å². The minimum atomic E-state index is 0.0175. The Morgan fingerprint density at radius 1 is 1.33 bits per heavy atom. The third-order valence-corrected chi connectivity index (χ3v) is 4.83. The van der Waals surface area contributed by atoms with Crippen LogP contribution in [0.5, 0.6) is 0 Å². The van der Waals surface area contributed by atoms with Gasteiger partial charge in [-0.15, -0.1) is 0 Å². The van der Waals surface area contributed by atoms with Crippen molar-refractivity contribution >= 4 is 26.8 Å². The second-order valence-corrected chi connectivity index (χ2v) is 6.53. The molecule has 2 heterocycles. The summed E-state index contributed by atoms with van der Waals surface area (Å²) < 4.78 is 3.60. The molecule has 1 aromatic heterocycles. The molecule has 0 bridgehead atoms. The Kier molecular flexibility index (Phi) is 2.79. The molecule has 1 aliphatic heterocycles. The molecule has 0 saturated carbocycles. The van der Waals surface area contributed by atoms with Crippen LogP contribution in [0, 0.1) is 0 Å². The monoisotopic (exact) mass is 306 g/mol. The second kappa shape index (κ2) is 4.10. The number of nitrogens with zero attached hydrogens (tertiary/aromatic N) is 1. The van der Waals surface area contributed by atoms with Crippen LogP contribution in [0.25, 0.3) is 10.9 Å². The average molecular weight is 307 g/mol. The number of halogens is 1. The van der Waals surface area contributed by atoms with E-state index in [9.17, 15) is 0 Å². The van der Waals surface area contributed by atoms with Crippen molar-refractivity contribution in [2.45, 2.75) is 38.8 Å². The predicted molar refractivity (Wildman–Crippen MR) is 80.0 cm³/mol. The van der Waals surface area contributed by atoms with Crippen molar-refractivity contribution in [1.82, 2.24) is 9.88 Å². The first kappa shape index (κ1) is 12.2. The fourth-order valence-electron chi connectivity index (χ4n) is 2.80. The number of aryl methyl sites for hydroxylation is 2. The maximum atomic E-state index is 3.70. The minimum absolute atomic E-state index is 0.0175. The van der Waals surface area contributed by atoms with Crippen LogP contribution in [-0.4, -0.2) is 11.6 Å². The van der Waals surface area contributed by atoms with Crippen LogP contribution in [0.1, 0.15) is 31.4 Å². The molecule has 1 aromatic carbocycles. The summed E-state index contributed by atoms with van der Waals surface area (Å²) in [5.41, 5.74) is 4.29. The van der Waals surface area contributed by atoms with E-state index < -0.39 is 0 Å². The lowest BCUT2D eigenvalue weighted by Gasteiger charge is -2.27. The van der Waals surface area contributed by atoms with Gasteiger partial charge < -0.3 is 9.88 Å². The number of benzene rings is 1. The average Bonchev–Trinajstić information content (AvgIpc) is 2.68. The molecule has 0 unspecified atom stereocenters. The zero-order valence-electron chi connectivity index (χ0n) is 11.2. The lowest BCUT2D eigenvalue weighted by Crippen LogP contribution is -2.33. The van der Waals surface area contributed by atoms with E-state index in [1.165, 1.54) is 39.3 Å². The van der Waals surface area contributed by atoms with Crippen molar-refractivity contribution in [3.05, 3.63) is 33.9 Å². The Balaban J connectivity index is 2.30. The molecule has 2 aromatic rings. The van der Waals surface area contributed by atoms with E-state index in [4.69, 9.17) is 0 Å². The lowest BCUT2D eigenvalue weighted by molar-refractivity contribution is 0.444. The summed E-state index contributed by atoms with van der Waals surface area (Å²) in [5, 5.41) is 4.75. The van der Waals surface area contributed by atoms with Crippen LogP contribution in [0.4, 0.5) is 0 Å². The van der Waals surface area contributed by atoms with Crippen LogP contribution in [0.15, 0.2) is 22.8 Å². The van der Waals surface area contributed by atoms with Gasteiger partial charge >= 0.3 is 0 Å². The van der Waals surface area contributed by atoms with Gasteiger partial charge in [0.2, 0.25) is 0 Å². The summed E-state index contributed by atoms with van der Waals surface area (Å²) in [6.45, 7) is 5.60. The van der Waals surface area contributed by atoms with E-state index in [0.717, 1.165) is 6.54 Å². The molecular weight excluding hydrogens is 288 g/mol. The molecule has 1 N–H and O–H groups in total. The molecule has 2 nitrogen and oxygen atoms in total. The van der Waals surface area contributed by atoms with E-state index in [0.29, 0.717) is 0 Å². The topological polar surface area (TPSA) is 17.0 Å². The van der Waals surface area contributed by atoms with Crippen LogP contribution in [0.2, 0.25) is 0 Å². The fourth-order valence-corrected chi connectivity index (χ4v) is 3.35. The van der Waals surface area contributed by atoms with Crippen molar-refractivity contribution in [3.63, 3.8) is 0 Å². The molecule has 0 atom stereocenters. The SMILES string of the molecule is CNC(C)(C)c1cc2c3c(c1)c(Br)cn3CCC2. The Morgan fingerprint density at radius 2 is 2.11 bits per heavy atom. The Bertz CT molecular complexity index is 610. The summed E-state index contributed by atoms with van der Waals surface area (Å²) in [4.78, 5) is 0. The van der Waals surface area contributed by atoms with Gasteiger partial charge in [0, 0.05) is 28.1 Å². The zero-order valence-corrected chi connectivity index (χ0v) is 12.8. The summed E-state index contributed by atoms with van der Waals surface area (Å²) in [6.07, 6.45) is 4.66. The highest BCUT2D eigenvalue weighted by atomic mass is 79.9. The maximum absolute atomic E-state index is 3.70. The van der Waals surface area contributed by atoms with Crippen molar-refractivity contribution < 1.29 is 0 Å². The van der Waals surface area contributed by atoms with E-state index in [2.05, 4.69) is 58.0 Å². The Hall–Kier alpha value is -0.800. The first-order chi connectivity index (χ1) is 8.53. The van der Waals surface area contributed by atoms with Gasteiger partial charge in [0.05, 0.1) is 5.52 Å². The van der Waals surface area contributed by atoms with Crippen molar-refractivity contribution in [3.8, 4) is 0 Å². The molecule has 0 fully saturated rings. The molecule has 1 aliphatic rings. The van der Waals surface area contributed by atoms with Crippen LogP contribution in [0.3, 0.4) is 0 Å². The van der Waals surface area contributed by atoms with Gasteiger partial charge in [-0.3, -0.25) is 0 Å². The molecule has 0 saturated heterocycles. The van der Waals surface area contributed by atoms with Crippen molar-refractivity contribution in [1.29, 1.82) is 0 Å². The largest absolute Gasteiger partial charge is 0.346 e. The number of rotatable bonds is 2. The number of aromatic nitrogens is 1. The Labute approximate surface area is 116 Å². The molecule has 0 spiro atoms. The molecule has 18 heavy (non-hydrogen) atoms. The summed E-state index contributed by atoms with van der Waals surface area (Å²) in [7, 11) is 2.02. The van der Waals surface area contributed by atoms with E-state index in [-0.39, 0.29) is 5.54 Å². The van der Waals surface area contributed by atoms with Crippen molar-refractivity contribution in [2.75, 3.05) is 7.05 Å². The number of nitrogens with one attached hydrogen (secondary N) is 1. The van der Waals surface area contributed by atoms with Crippen LogP contribution >= 0.6 is 15.9 Å². The maximum Gasteiger partial charge on any atom is 0.0524 e. The van der Waals surface area contributed by atoms with E-state index >= 15 is 0 Å². The minimum Gasteiger partial charge on any atom is -0.346 e. The van der Waals surface area contributed by atoms with Crippen LogP contribution < -0.4 is 5.32 Å². The van der Waals surface area contributed by atoms with Gasteiger partial charge in [-0.05, 0) is 66.9 Å². The van der Waals surface area contributed by atoms with Crippen molar-refractivity contribution in [2.24, 2.45) is 0 Å². The molecule has 3 rings (SSSR count). The van der Waals surface area contributed by atoms with Crippen LogP contribution in [-0.2, 0) is 18.5 Å². The molecule has 96 valence electrons. The third kappa shape index (κ3) is 1.72. The highest BCUT2D eigenvalue weighted by Crippen LogP contribution is 2.36. The Morgan fingerprint density at radius 3 is 2.83 bits per heavy atom. The van der Waals surface area contributed by atoms with Gasteiger partial charge in [0.1, 0.15) is 0 Å². The highest BCUT2D eigenvalue weighted by Gasteiger charge is 2.23. The first-order valence-electron chi connectivity index (χ1n) is 6.53. The quantitative estimate of drug-likeness (QED) is 0.893. The summed E-state index contributed by atoms with van der Waals surface area (Å²) in [6, 6.07) is 4.70. The molecule has 0 radical (unpaired) electrons. The fraction of sp³-hybridized carbons (Fsp3) is 0.467. The highest BCUT2D eigenvalue weighted by molar-refractivity contribution is 9.10. The first-order valence-corrected chi connectivity index (χ1v) is 7.33. The molecule has 0 aliphatic carbocycles. The molecule has 0 amide bonds. The molecule has 3 heteroatoms. The van der Waals surface area contributed by atoms with Gasteiger partial charge in [-0.25, -0.2) is 0 Å². The standard InChI is InChI=1S/C15H19BrN2/c1-15(2,17-3)11-7-10-5-4-6-18-9-13(16)12(8-11)14(10)18/h7-9,17H,4-6H2,1-3H3. The third-order valence-electron chi connectivity index (χ3n) is 4.19. The lowest BCUT2D eigenvalue weighted by atomic mass is 9.90. The van der Waals surface area contributed by atoms with Gasteiger partial charge in [0.15, 0.2) is 0 Å². The number of hydrogen-bond acceptors (Lipinski definition) is 1. The van der Waals surface area contributed by atoms with E-state index in [1.807, 2.05) is 7.05 Å². The molecular formula is C15H19BrN2. The smallest absolute Gasteiger partial charge is 0.0524 e. The normalized spacial score (nSPS) is 15.3. The van der Waals surface area contributed by atoms with Gasteiger partial charge in [-0.2, -0.15) is 0 Å². The second-order valence-electron chi connectivity index (χ2n) is 5.68. The number of hydrogen-bond donors (Lipinski definition) is 1. The van der Waals surface area contributed by atoms with Gasteiger partial charge in [-0.1, -0.05) is 6.07 Å². The summed E-state index contributed by atoms with van der Waals surface area (Å²) >= 11 is 3.70. The predicted octanol–water partition coefficient (Wildman–Crippen LogP) is 3.80. The zero-order chi connectivity index (χ0) is 12.9.